The Kier molecular flexibility index (Phi) is 5.44. The van der Waals surface area contributed by atoms with Gasteiger partial charge in [0.15, 0.2) is 0 Å². The Labute approximate surface area is 133 Å². The third-order valence-corrected chi connectivity index (χ3v) is 4.60. The van der Waals surface area contributed by atoms with E-state index in [1.807, 2.05) is 12.1 Å². The number of nitrogens with one attached hydrogen (secondary N) is 1. The van der Waals surface area contributed by atoms with Gasteiger partial charge in [-0.15, -0.1) is 0 Å². The first-order chi connectivity index (χ1) is 10.0. The van der Waals surface area contributed by atoms with Gasteiger partial charge in [-0.1, -0.05) is 48.9 Å². The first-order valence-corrected chi connectivity index (χ1v) is 7.95. The van der Waals surface area contributed by atoms with Crippen LogP contribution < -0.4 is 5.32 Å². The van der Waals surface area contributed by atoms with E-state index in [-0.39, 0.29) is 0 Å². The molecule has 0 aliphatic rings. The van der Waals surface area contributed by atoms with Crippen molar-refractivity contribution >= 4 is 11.6 Å². The largest absolute Gasteiger partial charge is 0.310 e. The van der Waals surface area contributed by atoms with Crippen LogP contribution in [0.3, 0.4) is 0 Å². The van der Waals surface area contributed by atoms with Gasteiger partial charge in [-0.2, -0.15) is 0 Å². The number of aryl methyl sites for hydroxylation is 2. The van der Waals surface area contributed by atoms with Crippen LogP contribution in [0.5, 0.6) is 0 Å². The minimum atomic E-state index is 0.300. The van der Waals surface area contributed by atoms with Crippen LogP contribution in [0, 0.1) is 20.8 Å². The fraction of sp³-hybridized carbons (Fsp3) is 0.368. The van der Waals surface area contributed by atoms with Crippen LogP contribution >= 0.6 is 11.6 Å². The van der Waals surface area contributed by atoms with Gasteiger partial charge in [-0.05, 0) is 67.6 Å². The van der Waals surface area contributed by atoms with E-state index in [2.05, 4.69) is 57.3 Å². The van der Waals surface area contributed by atoms with Crippen molar-refractivity contribution in [2.24, 2.45) is 0 Å². The van der Waals surface area contributed by atoms with Crippen molar-refractivity contribution in [3.8, 4) is 0 Å². The fourth-order valence-electron chi connectivity index (χ4n) is 2.92. The zero-order valence-electron chi connectivity index (χ0n) is 13.3. The molecule has 0 amide bonds. The number of rotatable bonds is 5. The van der Waals surface area contributed by atoms with E-state index >= 15 is 0 Å². The maximum Gasteiger partial charge on any atom is 0.0438 e. The molecule has 21 heavy (non-hydrogen) atoms. The highest BCUT2D eigenvalue weighted by Crippen LogP contribution is 2.28. The molecule has 0 saturated heterocycles. The number of hydrogen-bond donors (Lipinski definition) is 1. The van der Waals surface area contributed by atoms with Crippen molar-refractivity contribution < 1.29 is 0 Å². The summed E-state index contributed by atoms with van der Waals surface area (Å²) < 4.78 is 0. The lowest BCUT2D eigenvalue weighted by Crippen LogP contribution is -2.24. The SMILES string of the molecule is CCNC(Cc1c(C)cccc1C)c1cccc(Cl)c1C. The van der Waals surface area contributed by atoms with Crippen molar-refractivity contribution in [3.05, 3.63) is 69.2 Å². The summed E-state index contributed by atoms with van der Waals surface area (Å²) in [4.78, 5) is 0. The maximum absolute atomic E-state index is 6.30. The number of benzene rings is 2. The van der Waals surface area contributed by atoms with E-state index in [4.69, 9.17) is 11.6 Å². The van der Waals surface area contributed by atoms with Gasteiger partial charge < -0.3 is 5.32 Å². The highest BCUT2D eigenvalue weighted by molar-refractivity contribution is 6.31. The molecule has 1 N–H and O–H groups in total. The van der Waals surface area contributed by atoms with Crippen LogP contribution in [-0.2, 0) is 6.42 Å². The van der Waals surface area contributed by atoms with Gasteiger partial charge in [-0.25, -0.2) is 0 Å². The molecule has 0 aliphatic carbocycles. The van der Waals surface area contributed by atoms with E-state index in [9.17, 15) is 0 Å². The van der Waals surface area contributed by atoms with Crippen molar-refractivity contribution in [2.45, 2.75) is 40.2 Å². The minimum absolute atomic E-state index is 0.300. The van der Waals surface area contributed by atoms with Crippen molar-refractivity contribution in [1.29, 1.82) is 0 Å². The van der Waals surface area contributed by atoms with E-state index in [1.165, 1.54) is 27.8 Å². The molecule has 0 aliphatic heterocycles. The molecule has 0 heterocycles. The highest BCUT2D eigenvalue weighted by Gasteiger charge is 2.16. The fourth-order valence-corrected chi connectivity index (χ4v) is 3.10. The molecule has 1 nitrogen and oxygen atoms in total. The van der Waals surface area contributed by atoms with E-state index < -0.39 is 0 Å². The van der Waals surface area contributed by atoms with E-state index in [0.717, 1.165) is 18.0 Å². The van der Waals surface area contributed by atoms with Crippen molar-refractivity contribution in [3.63, 3.8) is 0 Å². The standard InChI is InChI=1S/C19H24ClN/c1-5-21-19(16-10-7-11-18(20)15(16)4)12-17-13(2)8-6-9-14(17)3/h6-11,19,21H,5,12H2,1-4H3. The summed E-state index contributed by atoms with van der Waals surface area (Å²) in [6.45, 7) is 9.58. The predicted molar refractivity (Wildman–Crippen MR) is 92.2 cm³/mol. The summed E-state index contributed by atoms with van der Waals surface area (Å²) in [6.07, 6.45) is 0.994. The normalized spacial score (nSPS) is 12.4. The number of halogens is 1. The Bertz CT molecular complexity index is 599. The molecule has 0 radical (unpaired) electrons. The molecule has 1 atom stereocenters. The molecule has 2 rings (SSSR count). The summed E-state index contributed by atoms with van der Waals surface area (Å²) in [5.74, 6) is 0. The number of likely N-dealkylation sites (N-methyl/N-ethyl adjacent to an activating group) is 1. The Balaban J connectivity index is 2.38. The summed E-state index contributed by atoms with van der Waals surface area (Å²) in [7, 11) is 0. The maximum atomic E-state index is 6.30. The van der Waals surface area contributed by atoms with Crippen LogP contribution in [0.15, 0.2) is 36.4 Å². The van der Waals surface area contributed by atoms with E-state index in [1.54, 1.807) is 0 Å². The second-order valence-corrected chi connectivity index (χ2v) is 6.05. The van der Waals surface area contributed by atoms with E-state index in [0.29, 0.717) is 6.04 Å². The second-order valence-electron chi connectivity index (χ2n) is 5.64. The van der Waals surface area contributed by atoms with Crippen LogP contribution in [0.2, 0.25) is 5.02 Å². The molecular formula is C19H24ClN. The van der Waals surface area contributed by atoms with Gasteiger partial charge >= 0.3 is 0 Å². The summed E-state index contributed by atoms with van der Waals surface area (Å²) in [5, 5.41) is 4.46. The molecule has 0 aromatic heterocycles. The number of hydrogen-bond acceptors (Lipinski definition) is 1. The van der Waals surface area contributed by atoms with Crippen molar-refractivity contribution in [2.75, 3.05) is 6.54 Å². The van der Waals surface area contributed by atoms with Gasteiger partial charge in [0.2, 0.25) is 0 Å². The molecule has 0 spiro atoms. The average Bonchev–Trinajstić information content (AvgIpc) is 2.45. The second kappa shape index (κ2) is 7.11. The van der Waals surface area contributed by atoms with Gasteiger partial charge in [0.25, 0.3) is 0 Å². The van der Waals surface area contributed by atoms with Gasteiger partial charge in [0, 0.05) is 11.1 Å². The molecule has 0 bridgehead atoms. The smallest absolute Gasteiger partial charge is 0.0438 e. The molecule has 0 saturated carbocycles. The third kappa shape index (κ3) is 3.66. The first kappa shape index (κ1) is 16.1. The quantitative estimate of drug-likeness (QED) is 0.804. The summed E-state index contributed by atoms with van der Waals surface area (Å²) in [6, 6.07) is 13.0. The van der Waals surface area contributed by atoms with Crippen LogP contribution in [-0.4, -0.2) is 6.54 Å². The molecule has 112 valence electrons. The lowest BCUT2D eigenvalue weighted by Gasteiger charge is -2.23. The predicted octanol–water partition coefficient (Wildman–Crippen LogP) is 5.16. The molecule has 2 aromatic carbocycles. The summed E-state index contributed by atoms with van der Waals surface area (Å²) >= 11 is 6.30. The Morgan fingerprint density at radius 2 is 1.62 bits per heavy atom. The lowest BCUT2D eigenvalue weighted by atomic mass is 9.91. The highest BCUT2D eigenvalue weighted by atomic mass is 35.5. The minimum Gasteiger partial charge on any atom is -0.310 e. The average molecular weight is 302 g/mol. The molecule has 2 heteroatoms. The zero-order chi connectivity index (χ0) is 15.4. The van der Waals surface area contributed by atoms with Crippen LogP contribution in [0.4, 0.5) is 0 Å². The Hall–Kier alpha value is -1.31. The topological polar surface area (TPSA) is 12.0 Å². The van der Waals surface area contributed by atoms with Gasteiger partial charge in [-0.3, -0.25) is 0 Å². The third-order valence-electron chi connectivity index (χ3n) is 4.19. The molecule has 2 aromatic rings. The summed E-state index contributed by atoms with van der Waals surface area (Å²) in [5.41, 5.74) is 6.63. The molecule has 1 unspecified atom stereocenters. The van der Waals surface area contributed by atoms with Crippen molar-refractivity contribution in [1.82, 2.24) is 5.32 Å². The monoisotopic (exact) mass is 301 g/mol. The Morgan fingerprint density at radius 1 is 1.00 bits per heavy atom. The van der Waals surface area contributed by atoms with Gasteiger partial charge in [0.1, 0.15) is 0 Å². The first-order valence-electron chi connectivity index (χ1n) is 7.58. The molecular weight excluding hydrogens is 278 g/mol. The van der Waals surface area contributed by atoms with Gasteiger partial charge in [0.05, 0.1) is 0 Å². The lowest BCUT2D eigenvalue weighted by molar-refractivity contribution is 0.545. The molecule has 0 fully saturated rings. The Morgan fingerprint density at radius 3 is 2.24 bits per heavy atom. The van der Waals surface area contributed by atoms with Crippen LogP contribution in [0.25, 0.3) is 0 Å². The van der Waals surface area contributed by atoms with Crippen LogP contribution in [0.1, 0.15) is 40.8 Å². The zero-order valence-corrected chi connectivity index (χ0v) is 14.1.